The van der Waals surface area contributed by atoms with Crippen LogP contribution >= 0.6 is 11.8 Å². The smallest absolute Gasteiger partial charge is 0.222 e. The Balaban J connectivity index is 1.85. The molecule has 35 heavy (non-hydrogen) atoms. The van der Waals surface area contributed by atoms with Gasteiger partial charge in [-0.25, -0.2) is 0 Å². The Bertz CT molecular complexity index is 845. The van der Waals surface area contributed by atoms with Crippen molar-refractivity contribution in [3.8, 4) is 0 Å². The first-order valence-corrected chi connectivity index (χ1v) is 13.7. The van der Waals surface area contributed by atoms with Crippen LogP contribution in [-0.4, -0.2) is 59.4 Å². The third-order valence-corrected chi connectivity index (χ3v) is 6.77. The van der Waals surface area contributed by atoms with Gasteiger partial charge in [0.15, 0.2) is 0 Å². The molecule has 0 radical (unpaired) electrons. The van der Waals surface area contributed by atoms with Gasteiger partial charge in [0, 0.05) is 49.7 Å². The number of thioether (sulfide) groups is 1. The number of nitrogens with zero attached hydrogens (tertiary/aromatic N) is 1. The number of aliphatic hydroxyl groups excluding tert-OH is 1. The molecule has 2 atom stereocenters. The van der Waals surface area contributed by atoms with Gasteiger partial charge < -0.3 is 20.6 Å². The lowest BCUT2D eigenvalue weighted by molar-refractivity contribution is -0.131. The molecule has 0 unspecified atom stereocenters. The summed E-state index contributed by atoms with van der Waals surface area (Å²) in [5, 5.41) is 17.2. The van der Waals surface area contributed by atoms with E-state index in [2.05, 4.69) is 24.5 Å². The average molecular weight is 500 g/mol. The van der Waals surface area contributed by atoms with Gasteiger partial charge in [-0.15, -0.1) is 11.8 Å². The number of hydrogen-bond donors (Lipinski definition) is 3. The highest BCUT2D eigenvalue weighted by atomic mass is 32.2. The van der Waals surface area contributed by atoms with Crippen molar-refractivity contribution >= 4 is 23.6 Å². The third-order valence-electron chi connectivity index (χ3n) is 5.64. The topological polar surface area (TPSA) is 81.7 Å². The molecule has 0 bridgehead atoms. The van der Waals surface area contributed by atoms with Crippen LogP contribution in [0.2, 0.25) is 0 Å². The van der Waals surface area contributed by atoms with Crippen LogP contribution in [0.4, 0.5) is 0 Å². The van der Waals surface area contributed by atoms with Crippen molar-refractivity contribution in [3.63, 3.8) is 0 Å². The number of rotatable bonds is 17. The maximum absolute atomic E-state index is 12.7. The normalized spacial score (nSPS) is 12.7. The maximum Gasteiger partial charge on any atom is 0.222 e. The van der Waals surface area contributed by atoms with Crippen LogP contribution in [0.15, 0.2) is 65.6 Å². The largest absolute Gasteiger partial charge is 0.390 e. The van der Waals surface area contributed by atoms with Gasteiger partial charge in [0.25, 0.3) is 0 Å². The molecule has 2 amide bonds. The minimum atomic E-state index is -0.731. The minimum absolute atomic E-state index is 0.114. The van der Waals surface area contributed by atoms with Crippen molar-refractivity contribution in [2.75, 3.05) is 25.4 Å². The predicted octanol–water partition coefficient (Wildman–Crippen LogP) is 4.23. The monoisotopic (exact) mass is 499 g/mol. The number of benzene rings is 2. The molecule has 6 nitrogen and oxygen atoms in total. The molecule has 0 fully saturated rings. The first kappa shape index (κ1) is 28.9. The highest BCUT2D eigenvalue weighted by molar-refractivity contribution is 7.99. The second kappa shape index (κ2) is 17.1. The quantitative estimate of drug-likeness (QED) is 0.284. The van der Waals surface area contributed by atoms with Gasteiger partial charge in [-0.05, 0) is 37.0 Å². The summed E-state index contributed by atoms with van der Waals surface area (Å²) in [6.45, 7) is 6.68. The van der Waals surface area contributed by atoms with Gasteiger partial charge >= 0.3 is 0 Å². The number of carbonyl (C=O) groups is 2. The standard InChI is InChI=1S/C28H41N3O3S/c1-3-18-31(19-4-2)28(34)17-11-16-27(33)30-25(22-35-24-14-9-6-10-15-24)26(32)21-29-20-23-12-7-5-8-13-23/h5-10,12-15,25-26,29,32H,3-4,11,16-22H2,1-2H3,(H,30,33)/t25-,26+/m0/s1. The Kier molecular flexibility index (Phi) is 14.1. The summed E-state index contributed by atoms with van der Waals surface area (Å²) in [5.74, 6) is 0.544. The number of aliphatic hydroxyl groups is 1. The highest BCUT2D eigenvalue weighted by Crippen LogP contribution is 2.19. The summed E-state index contributed by atoms with van der Waals surface area (Å²) in [6, 6.07) is 19.6. The van der Waals surface area contributed by atoms with E-state index in [1.54, 1.807) is 11.8 Å². The average Bonchev–Trinajstić information content (AvgIpc) is 2.87. The summed E-state index contributed by atoms with van der Waals surface area (Å²) in [4.78, 5) is 28.1. The molecule has 0 saturated heterocycles. The fourth-order valence-corrected chi connectivity index (χ4v) is 4.82. The molecule has 7 heteroatoms. The Morgan fingerprint density at radius 2 is 1.57 bits per heavy atom. The van der Waals surface area contributed by atoms with Crippen molar-refractivity contribution in [3.05, 3.63) is 66.2 Å². The minimum Gasteiger partial charge on any atom is -0.390 e. The fraction of sp³-hybridized carbons (Fsp3) is 0.500. The molecular weight excluding hydrogens is 458 g/mol. The summed E-state index contributed by atoms with van der Waals surface area (Å²) >= 11 is 1.61. The van der Waals surface area contributed by atoms with Crippen molar-refractivity contribution in [2.24, 2.45) is 0 Å². The van der Waals surface area contributed by atoms with E-state index in [0.717, 1.165) is 36.4 Å². The molecule has 2 aromatic rings. The Hall–Kier alpha value is -2.35. The lowest BCUT2D eigenvalue weighted by atomic mass is 10.1. The Morgan fingerprint density at radius 3 is 2.20 bits per heavy atom. The number of nitrogens with one attached hydrogen (secondary N) is 2. The molecule has 0 spiro atoms. The Morgan fingerprint density at radius 1 is 0.943 bits per heavy atom. The predicted molar refractivity (Wildman–Crippen MR) is 144 cm³/mol. The van der Waals surface area contributed by atoms with Crippen LogP contribution in [-0.2, 0) is 16.1 Å². The van der Waals surface area contributed by atoms with Gasteiger partial charge in [0.05, 0.1) is 12.1 Å². The molecule has 3 N–H and O–H groups in total. The molecule has 0 saturated carbocycles. The van der Waals surface area contributed by atoms with Crippen LogP contribution in [0.5, 0.6) is 0 Å². The van der Waals surface area contributed by atoms with Crippen molar-refractivity contribution in [1.29, 1.82) is 0 Å². The zero-order chi connectivity index (χ0) is 25.3. The lowest BCUT2D eigenvalue weighted by Gasteiger charge is -2.25. The maximum atomic E-state index is 12.7. The first-order valence-electron chi connectivity index (χ1n) is 12.7. The highest BCUT2D eigenvalue weighted by Gasteiger charge is 2.22. The van der Waals surface area contributed by atoms with Crippen LogP contribution in [0.3, 0.4) is 0 Å². The second-order valence-electron chi connectivity index (χ2n) is 8.72. The molecule has 0 heterocycles. The van der Waals surface area contributed by atoms with Crippen LogP contribution in [0.1, 0.15) is 51.5 Å². The molecule has 2 aromatic carbocycles. The van der Waals surface area contributed by atoms with E-state index in [4.69, 9.17) is 0 Å². The molecule has 0 aliphatic carbocycles. The molecular formula is C28H41N3O3S. The molecule has 192 valence electrons. The lowest BCUT2D eigenvalue weighted by Crippen LogP contribution is -2.49. The van der Waals surface area contributed by atoms with Crippen molar-refractivity contribution in [1.82, 2.24) is 15.5 Å². The molecule has 2 rings (SSSR count). The first-order chi connectivity index (χ1) is 17.0. The van der Waals surface area contributed by atoms with Gasteiger partial charge in [-0.3, -0.25) is 9.59 Å². The van der Waals surface area contributed by atoms with E-state index in [9.17, 15) is 14.7 Å². The summed E-state index contributed by atoms with van der Waals surface area (Å²) in [7, 11) is 0. The number of amides is 2. The van der Waals surface area contributed by atoms with E-state index in [1.807, 2.05) is 65.6 Å². The second-order valence-corrected chi connectivity index (χ2v) is 9.81. The van der Waals surface area contributed by atoms with E-state index in [-0.39, 0.29) is 18.2 Å². The van der Waals surface area contributed by atoms with Crippen LogP contribution in [0, 0.1) is 0 Å². The summed E-state index contributed by atoms with van der Waals surface area (Å²) in [6.07, 6.45) is 2.29. The van der Waals surface area contributed by atoms with Crippen LogP contribution < -0.4 is 10.6 Å². The van der Waals surface area contributed by atoms with E-state index in [1.165, 1.54) is 0 Å². The van der Waals surface area contributed by atoms with E-state index >= 15 is 0 Å². The zero-order valence-corrected chi connectivity index (χ0v) is 21.9. The summed E-state index contributed by atoms with van der Waals surface area (Å²) in [5.41, 5.74) is 1.14. The third kappa shape index (κ3) is 11.8. The molecule has 0 aromatic heterocycles. The summed E-state index contributed by atoms with van der Waals surface area (Å²) < 4.78 is 0. The van der Waals surface area contributed by atoms with Gasteiger partial charge in [0.1, 0.15) is 0 Å². The molecule has 0 aliphatic heterocycles. The van der Waals surface area contributed by atoms with Crippen molar-refractivity contribution < 1.29 is 14.7 Å². The number of hydrogen-bond acceptors (Lipinski definition) is 5. The molecule has 0 aliphatic rings. The number of carbonyl (C=O) groups excluding carboxylic acids is 2. The zero-order valence-electron chi connectivity index (χ0n) is 21.1. The fourth-order valence-electron chi connectivity index (χ4n) is 3.79. The van der Waals surface area contributed by atoms with Crippen LogP contribution in [0.25, 0.3) is 0 Å². The van der Waals surface area contributed by atoms with Crippen molar-refractivity contribution in [2.45, 2.75) is 69.5 Å². The van der Waals surface area contributed by atoms with E-state index in [0.29, 0.717) is 31.7 Å². The Labute approximate surface area is 214 Å². The SMILES string of the molecule is CCCN(CCC)C(=O)CCCC(=O)N[C@@H](CSc1ccccc1)[C@H](O)CNCc1ccccc1. The van der Waals surface area contributed by atoms with Gasteiger partial charge in [-0.1, -0.05) is 62.4 Å². The van der Waals surface area contributed by atoms with Gasteiger partial charge in [-0.2, -0.15) is 0 Å². The van der Waals surface area contributed by atoms with Gasteiger partial charge in [0.2, 0.25) is 11.8 Å². The van der Waals surface area contributed by atoms with E-state index < -0.39 is 12.1 Å².